The first kappa shape index (κ1) is 10.6. The number of benzene rings is 1. The van der Waals surface area contributed by atoms with Crippen molar-refractivity contribution in [3.63, 3.8) is 0 Å². The van der Waals surface area contributed by atoms with Gasteiger partial charge in [0.05, 0.1) is 0 Å². The molecule has 5 nitrogen and oxygen atoms in total. The Morgan fingerprint density at radius 1 is 1.31 bits per heavy atom. The lowest BCUT2D eigenvalue weighted by Gasteiger charge is -2.19. The highest BCUT2D eigenvalue weighted by Gasteiger charge is 2.11. The summed E-state index contributed by atoms with van der Waals surface area (Å²) in [5.74, 6) is 0.339. The van der Waals surface area contributed by atoms with E-state index in [0.29, 0.717) is 25.5 Å². The Morgan fingerprint density at radius 3 is 2.81 bits per heavy atom. The molecule has 0 unspecified atom stereocenters. The van der Waals surface area contributed by atoms with E-state index in [-0.39, 0.29) is 6.42 Å². The lowest BCUT2D eigenvalue weighted by molar-refractivity contribution is -0.305. The molecule has 86 valence electrons. The van der Waals surface area contributed by atoms with Crippen molar-refractivity contribution in [1.29, 1.82) is 0 Å². The SMILES string of the molecule is O=C([O-])CCNc1ccc2c(c1)OCCO2. The van der Waals surface area contributed by atoms with Gasteiger partial charge in [0.25, 0.3) is 0 Å². The van der Waals surface area contributed by atoms with Crippen LogP contribution in [-0.4, -0.2) is 25.7 Å². The van der Waals surface area contributed by atoms with Gasteiger partial charge in [-0.3, -0.25) is 0 Å². The molecule has 0 spiro atoms. The molecule has 1 aromatic rings. The molecular weight excluding hydrogens is 210 g/mol. The van der Waals surface area contributed by atoms with Crippen LogP contribution in [0.5, 0.6) is 11.5 Å². The quantitative estimate of drug-likeness (QED) is 0.777. The first-order valence-electron chi connectivity index (χ1n) is 5.09. The van der Waals surface area contributed by atoms with Crippen LogP contribution in [0.15, 0.2) is 18.2 Å². The molecule has 0 saturated carbocycles. The van der Waals surface area contributed by atoms with E-state index in [1.54, 1.807) is 12.1 Å². The first-order chi connectivity index (χ1) is 7.75. The normalized spacial score (nSPS) is 13.2. The van der Waals surface area contributed by atoms with Crippen molar-refractivity contribution in [2.24, 2.45) is 0 Å². The Hall–Kier alpha value is -1.91. The van der Waals surface area contributed by atoms with Gasteiger partial charge in [-0.05, 0) is 12.1 Å². The Morgan fingerprint density at radius 2 is 2.06 bits per heavy atom. The van der Waals surface area contributed by atoms with E-state index in [1.807, 2.05) is 6.07 Å². The van der Waals surface area contributed by atoms with E-state index in [2.05, 4.69) is 5.32 Å². The molecule has 0 aromatic heterocycles. The molecule has 1 aliphatic heterocycles. The Kier molecular flexibility index (Phi) is 3.14. The predicted octanol–water partition coefficient (Wildman–Crippen LogP) is 0.00970. The maximum absolute atomic E-state index is 10.2. The second kappa shape index (κ2) is 4.74. The van der Waals surface area contributed by atoms with Crippen molar-refractivity contribution in [2.45, 2.75) is 6.42 Å². The summed E-state index contributed by atoms with van der Waals surface area (Å²) in [7, 11) is 0. The average molecular weight is 222 g/mol. The molecule has 5 heteroatoms. The lowest BCUT2D eigenvalue weighted by atomic mass is 10.2. The summed E-state index contributed by atoms with van der Waals surface area (Å²) in [6.45, 7) is 1.43. The number of carboxylic acid groups (broad SMARTS) is 1. The van der Waals surface area contributed by atoms with Crippen LogP contribution in [-0.2, 0) is 4.79 Å². The summed E-state index contributed by atoms with van der Waals surface area (Å²) >= 11 is 0. The van der Waals surface area contributed by atoms with Gasteiger partial charge >= 0.3 is 0 Å². The molecular formula is C11H12NO4-. The average Bonchev–Trinajstić information content (AvgIpc) is 2.28. The molecule has 0 radical (unpaired) electrons. The number of hydrogen-bond donors (Lipinski definition) is 1. The van der Waals surface area contributed by atoms with Gasteiger partial charge in [-0.2, -0.15) is 0 Å². The number of hydrogen-bond acceptors (Lipinski definition) is 5. The van der Waals surface area contributed by atoms with Gasteiger partial charge in [0.1, 0.15) is 13.2 Å². The predicted molar refractivity (Wildman–Crippen MR) is 55.5 cm³/mol. The molecule has 0 atom stereocenters. The van der Waals surface area contributed by atoms with Gasteiger partial charge in [0.2, 0.25) is 0 Å². The minimum Gasteiger partial charge on any atom is -0.550 e. The van der Waals surface area contributed by atoms with Crippen molar-refractivity contribution < 1.29 is 19.4 Å². The lowest BCUT2D eigenvalue weighted by Crippen LogP contribution is -2.24. The maximum Gasteiger partial charge on any atom is 0.163 e. The fourth-order valence-corrected chi connectivity index (χ4v) is 1.46. The molecule has 1 heterocycles. The summed E-state index contributed by atoms with van der Waals surface area (Å²) < 4.78 is 10.8. The van der Waals surface area contributed by atoms with Crippen molar-refractivity contribution in [1.82, 2.24) is 0 Å². The van der Waals surface area contributed by atoms with E-state index in [4.69, 9.17) is 9.47 Å². The highest BCUT2D eigenvalue weighted by atomic mass is 16.6. The number of nitrogens with one attached hydrogen (secondary N) is 1. The highest BCUT2D eigenvalue weighted by molar-refractivity contribution is 5.65. The second-order valence-corrected chi connectivity index (χ2v) is 3.41. The molecule has 0 bridgehead atoms. The van der Waals surface area contributed by atoms with Crippen LogP contribution in [0.4, 0.5) is 5.69 Å². The summed E-state index contributed by atoms with van der Waals surface area (Å²) in [5, 5.41) is 13.2. The molecule has 0 saturated heterocycles. The summed E-state index contributed by atoms with van der Waals surface area (Å²) in [6.07, 6.45) is -0.0194. The largest absolute Gasteiger partial charge is 0.550 e. The third-order valence-corrected chi connectivity index (χ3v) is 2.20. The number of rotatable bonds is 4. The van der Waals surface area contributed by atoms with Gasteiger partial charge in [-0.25, -0.2) is 0 Å². The van der Waals surface area contributed by atoms with Crippen LogP contribution in [0.25, 0.3) is 0 Å². The van der Waals surface area contributed by atoms with E-state index >= 15 is 0 Å². The fourth-order valence-electron chi connectivity index (χ4n) is 1.46. The standard InChI is InChI=1S/C11H13NO4/c13-11(14)3-4-12-8-1-2-9-10(7-8)16-6-5-15-9/h1-2,7,12H,3-6H2,(H,13,14)/p-1. The van der Waals surface area contributed by atoms with Crippen LogP contribution >= 0.6 is 0 Å². The number of carbonyl (C=O) groups excluding carboxylic acids is 1. The van der Waals surface area contributed by atoms with Crippen LogP contribution in [0, 0.1) is 0 Å². The third-order valence-electron chi connectivity index (χ3n) is 2.20. The van der Waals surface area contributed by atoms with Gasteiger partial charge in [0, 0.05) is 30.7 Å². The van der Waals surface area contributed by atoms with Crippen molar-refractivity contribution >= 4 is 11.7 Å². The minimum absolute atomic E-state index is 0.0194. The molecule has 1 N–H and O–H groups in total. The van der Waals surface area contributed by atoms with E-state index in [1.165, 1.54) is 0 Å². The summed E-state index contributed by atoms with van der Waals surface area (Å²) in [5.41, 5.74) is 0.811. The fraction of sp³-hybridized carbons (Fsp3) is 0.364. The molecule has 0 amide bonds. The van der Waals surface area contributed by atoms with Gasteiger partial charge in [-0.15, -0.1) is 0 Å². The third kappa shape index (κ3) is 2.56. The zero-order valence-electron chi connectivity index (χ0n) is 8.69. The molecule has 1 aromatic carbocycles. The van der Waals surface area contributed by atoms with Crippen LogP contribution in [0.3, 0.4) is 0 Å². The van der Waals surface area contributed by atoms with E-state index in [0.717, 1.165) is 11.4 Å². The first-order valence-corrected chi connectivity index (χ1v) is 5.09. The molecule has 16 heavy (non-hydrogen) atoms. The Balaban J connectivity index is 1.97. The maximum atomic E-state index is 10.2. The summed E-state index contributed by atoms with van der Waals surface area (Å²) in [4.78, 5) is 10.2. The molecule has 0 aliphatic carbocycles. The number of anilines is 1. The van der Waals surface area contributed by atoms with Crippen molar-refractivity contribution in [3.8, 4) is 11.5 Å². The monoisotopic (exact) mass is 222 g/mol. The highest BCUT2D eigenvalue weighted by Crippen LogP contribution is 2.32. The van der Waals surface area contributed by atoms with Crippen molar-refractivity contribution in [3.05, 3.63) is 18.2 Å². The molecule has 1 aliphatic rings. The van der Waals surface area contributed by atoms with E-state index in [9.17, 15) is 9.90 Å². The zero-order chi connectivity index (χ0) is 11.4. The smallest absolute Gasteiger partial charge is 0.163 e. The number of ether oxygens (including phenoxy) is 2. The number of fused-ring (bicyclic) bond motifs is 1. The summed E-state index contributed by atoms with van der Waals surface area (Å²) in [6, 6.07) is 5.42. The molecule has 0 fully saturated rings. The Labute approximate surface area is 93.0 Å². The van der Waals surface area contributed by atoms with Gasteiger partial charge in [0.15, 0.2) is 11.5 Å². The molecule has 2 rings (SSSR count). The van der Waals surface area contributed by atoms with Gasteiger partial charge < -0.3 is 24.7 Å². The van der Waals surface area contributed by atoms with E-state index < -0.39 is 5.97 Å². The topological polar surface area (TPSA) is 70.6 Å². The number of aliphatic carboxylic acids is 1. The Bertz CT molecular complexity index is 392. The number of carbonyl (C=O) groups is 1. The second-order valence-electron chi connectivity index (χ2n) is 3.41. The van der Waals surface area contributed by atoms with Crippen LogP contribution < -0.4 is 19.9 Å². The van der Waals surface area contributed by atoms with Gasteiger partial charge in [-0.1, -0.05) is 0 Å². The van der Waals surface area contributed by atoms with Crippen LogP contribution in [0.1, 0.15) is 6.42 Å². The van der Waals surface area contributed by atoms with Crippen LogP contribution in [0.2, 0.25) is 0 Å². The minimum atomic E-state index is -1.06. The van der Waals surface area contributed by atoms with Crippen molar-refractivity contribution in [2.75, 3.05) is 25.1 Å². The number of carboxylic acids is 1. The zero-order valence-corrected chi connectivity index (χ0v) is 8.69.